The van der Waals surface area contributed by atoms with Gasteiger partial charge in [-0.2, -0.15) is 0 Å². The van der Waals surface area contributed by atoms with Crippen LogP contribution >= 0.6 is 35.3 Å². The lowest BCUT2D eigenvalue weighted by Gasteiger charge is -2.09. The highest BCUT2D eigenvalue weighted by Gasteiger charge is 2.30. The zero-order valence-electron chi connectivity index (χ0n) is 11.4. The highest BCUT2D eigenvalue weighted by molar-refractivity contribution is 8.26. The number of carbonyl (C=O) groups excluding carboxylic acids is 1. The molecule has 1 amide bonds. The van der Waals surface area contributed by atoms with E-state index in [1.165, 1.54) is 22.2 Å². The van der Waals surface area contributed by atoms with Gasteiger partial charge in [-0.25, -0.2) is 0 Å². The molecule has 1 aliphatic heterocycles. The van der Waals surface area contributed by atoms with E-state index >= 15 is 0 Å². The van der Waals surface area contributed by atoms with Gasteiger partial charge in [0.25, 0.3) is 5.91 Å². The van der Waals surface area contributed by atoms with Crippen LogP contribution in [0.3, 0.4) is 0 Å². The van der Waals surface area contributed by atoms with Crippen LogP contribution in [0.4, 0.5) is 0 Å². The van der Waals surface area contributed by atoms with Crippen LogP contribution in [-0.4, -0.2) is 21.7 Å². The number of thiophene rings is 1. The molecular weight excluding hydrogens is 318 g/mol. The topological polar surface area (TPSA) is 20.3 Å². The maximum Gasteiger partial charge on any atom is 0.266 e. The molecule has 0 aliphatic carbocycles. The molecule has 0 saturated carbocycles. The number of hydrogen-bond acceptors (Lipinski definition) is 4. The van der Waals surface area contributed by atoms with Gasteiger partial charge in [0.05, 0.1) is 4.91 Å². The number of amides is 1. The normalized spacial score (nSPS) is 17.0. The number of thioether (sulfide) groups is 1. The number of hydrogen-bond donors (Lipinski definition) is 0. The minimum atomic E-state index is 0.0159. The fourth-order valence-electron chi connectivity index (χ4n) is 2.09. The summed E-state index contributed by atoms with van der Waals surface area (Å²) in [4.78, 5) is 16.8. The van der Waals surface area contributed by atoms with Crippen molar-refractivity contribution in [1.82, 2.24) is 4.90 Å². The summed E-state index contributed by atoms with van der Waals surface area (Å²) >= 11 is 8.29. The van der Waals surface area contributed by atoms with Gasteiger partial charge in [0, 0.05) is 16.3 Å². The van der Waals surface area contributed by atoms with Gasteiger partial charge in [0.15, 0.2) is 0 Å². The second-order valence-electron chi connectivity index (χ2n) is 4.49. The van der Waals surface area contributed by atoms with Crippen molar-refractivity contribution in [3.63, 3.8) is 0 Å². The van der Waals surface area contributed by atoms with E-state index in [0.717, 1.165) is 4.88 Å². The number of benzene rings is 1. The first-order valence-corrected chi connectivity index (χ1v) is 8.64. The molecule has 21 heavy (non-hydrogen) atoms. The van der Waals surface area contributed by atoms with Crippen LogP contribution in [0.2, 0.25) is 0 Å². The summed E-state index contributed by atoms with van der Waals surface area (Å²) in [5.41, 5.74) is 1.20. The lowest BCUT2D eigenvalue weighted by molar-refractivity contribution is -0.121. The number of thiocarbonyl (C=S) groups is 1. The Hall–Kier alpha value is -1.43. The molecule has 0 bridgehead atoms. The highest BCUT2D eigenvalue weighted by atomic mass is 32.2. The Balaban J connectivity index is 1.87. The number of rotatable bonds is 3. The summed E-state index contributed by atoms with van der Waals surface area (Å²) < 4.78 is 0.647. The number of carbonyl (C=O) groups is 1. The van der Waals surface area contributed by atoms with E-state index in [1.807, 2.05) is 37.3 Å². The molecule has 0 N–H and O–H groups in total. The lowest BCUT2D eigenvalue weighted by Crippen LogP contribution is -2.27. The predicted molar refractivity (Wildman–Crippen MR) is 95.3 cm³/mol. The molecule has 1 aromatic heterocycles. The molecule has 1 aromatic carbocycles. The summed E-state index contributed by atoms with van der Waals surface area (Å²) in [6.07, 6.45) is 1.94. The third-order valence-corrected chi connectivity index (χ3v) is 5.61. The Labute approximate surface area is 137 Å². The van der Waals surface area contributed by atoms with E-state index in [2.05, 4.69) is 18.2 Å². The summed E-state index contributed by atoms with van der Waals surface area (Å²) in [5, 5.41) is 0. The molecule has 3 rings (SSSR count). The predicted octanol–water partition coefficient (Wildman–Crippen LogP) is 4.64. The quantitative estimate of drug-likeness (QED) is 0.604. The zero-order chi connectivity index (χ0) is 14.8. The van der Waals surface area contributed by atoms with Crippen molar-refractivity contribution in [3.8, 4) is 10.4 Å². The second-order valence-corrected chi connectivity index (χ2v) is 7.29. The van der Waals surface area contributed by atoms with Gasteiger partial charge >= 0.3 is 0 Å². The Kier molecular flexibility index (Phi) is 4.24. The van der Waals surface area contributed by atoms with Crippen LogP contribution in [-0.2, 0) is 4.79 Å². The van der Waals surface area contributed by atoms with Crippen LogP contribution in [0.5, 0.6) is 0 Å². The van der Waals surface area contributed by atoms with Crippen molar-refractivity contribution in [2.45, 2.75) is 6.92 Å². The maximum absolute atomic E-state index is 12.2. The van der Waals surface area contributed by atoms with E-state index in [9.17, 15) is 4.79 Å². The van der Waals surface area contributed by atoms with Crippen molar-refractivity contribution < 1.29 is 4.79 Å². The van der Waals surface area contributed by atoms with Crippen LogP contribution in [0.15, 0.2) is 47.4 Å². The first-order chi connectivity index (χ1) is 10.2. The molecule has 5 heteroatoms. The Morgan fingerprint density at radius 3 is 2.62 bits per heavy atom. The molecule has 2 aromatic rings. The van der Waals surface area contributed by atoms with E-state index < -0.39 is 0 Å². The van der Waals surface area contributed by atoms with Crippen LogP contribution in [0.1, 0.15) is 11.8 Å². The number of likely N-dealkylation sites (N-methyl/N-ethyl adjacent to an activating group) is 1. The third-order valence-electron chi connectivity index (χ3n) is 3.15. The van der Waals surface area contributed by atoms with Crippen molar-refractivity contribution in [3.05, 3.63) is 52.2 Å². The highest BCUT2D eigenvalue weighted by Crippen LogP contribution is 2.35. The van der Waals surface area contributed by atoms with E-state index in [0.29, 0.717) is 15.8 Å². The first kappa shape index (κ1) is 14.5. The van der Waals surface area contributed by atoms with Crippen LogP contribution in [0, 0.1) is 0 Å². The Morgan fingerprint density at radius 2 is 1.95 bits per heavy atom. The Bertz CT molecular complexity index is 718. The van der Waals surface area contributed by atoms with Crippen molar-refractivity contribution in [2.24, 2.45) is 0 Å². The van der Waals surface area contributed by atoms with E-state index in [1.54, 1.807) is 16.2 Å². The second kappa shape index (κ2) is 6.13. The molecule has 1 aliphatic rings. The maximum atomic E-state index is 12.2. The van der Waals surface area contributed by atoms with Crippen molar-refractivity contribution in [1.29, 1.82) is 0 Å². The largest absolute Gasteiger partial charge is 0.293 e. The fraction of sp³-hybridized carbons (Fsp3) is 0.125. The molecule has 106 valence electrons. The van der Waals surface area contributed by atoms with Crippen molar-refractivity contribution in [2.75, 3.05) is 6.54 Å². The lowest BCUT2D eigenvalue weighted by atomic mass is 10.2. The number of nitrogens with zero attached hydrogens (tertiary/aromatic N) is 1. The standard InChI is InChI=1S/C16H13NOS3/c1-2-17-15(18)14(21-16(17)19)10-12-8-9-13(20-12)11-6-4-3-5-7-11/h3-10H,2H2,1H3/b14-10-. The molecule has 0 radical (unpaired) electrons. The smallest absolute Gasteiger partial charge is 0.266 e. The van der Waals surface area contributed by atoms with Crippen molar-refractivity contribution >= 4 is 51.6 Å². The molecule has 0 atom stereocenters. The molecule has 2 nitrogen and oxygen atoms in total. The van der Waals surface area contributed by atoms with Gasteiger partial charge < -0.3 is 0 Å². The fourth-order valence-corrected chi connectivity index (χ4v) is 4.50. The van der Waals surface area contributed by atoms with E-state index in [4.69, 9.17) is 12.2 Å². The first-order valence-electron chi connectivity index (χ1n) is 6.59. The van der Waals surface area contributed by atoms with Gasteiger partial charge in [-0.3, -0.25) is 9.69 Å². The average molecular weight is 331 g/mol. The van der Waals surface area contributed by atoms with Gasteiger partial charge in [-0.05, 0) is 30.7 Å². The monoisotopic (exact) mass is 331 g/mol. The van der Waals surface area contributed by atoms with Gasteiger partial charge in [0.2, 0.25) is 0 Å². The summed E-state index contributed by atoms with van der Waals surface area (Å²) in [7, 11) is 0. The molecular formula is C16H13NOS3. The molecule has 1 saturated heterocycles. The van der Waals surface area contributed by atoms with Crippen LogP contribution < -0.4 is 0 Å². The molecule has 0 unspecified atom stereocenters. The SMILES string of the molecule is CCN1C(=O)/C(=C/c2ccc(-c3ccccc3)s2)SC1=S. The minimum Gasteiger partial charge on any atom is -0.293 e. The van der Waals surface area contributed by atoms with Crippen LogP contribution in [0.25, 0.3) is 16.5 Å². The summed E-state index contributed by atoms with van der Waals surface area (Å²) in [6, 6.07) is 14.4. The molecule has 0 spiro atoms. The third kappa shape index (κ3) is 2.95. The van der Waals surface area contributed by atoms with E-state index in [-0.39, 0.29) is 5.91 Å². The van der Waals surface area contributed by atoms with Gasteiger partial charge in [-0.1, -0.05) is 54.3 Å². The molecule has 1 fully saturated rings. The van der Waals surface area contributed by atoms with Gasteiger partial charge in [-0.15, -0.1) is 11.3 Å². The summed E-state index contributed by atoms with van der Waals surface area (Å²) in [5.74, 6) is 0.0159. The summed E-state index contributed by atoms with van der Waals surface area (Å²) in [6.45, 7) is 2.56. The van der Waals surface area contributed by atoms with Gasteiger partial charge in [0.1, 0.15) is 4.32 Å². The Morgan fingerprint density at radius 1 is 1.19 bits per heavy atom. The minimum absolute atomic E-state index is 0.0159. The average Bonchev–Trinajstić information content (AvgIpc) is 3.06. The zero-order valence-corrected chi connectivity index (χ0v) is 13.9. The molecule has 2 heterocycles.